The Hall–Kier alpha value is -1.90. The van der Waals surface area contributed by atoms with Crippen LogP contribution in [0, 0.1) is 19.8 Å². The van der Waals surface area contributed by atoms with Crippen molar-refractivity contribution in [2.45, 2.75) is 53.0 Å². The molecule has 0 aliphatic heterocycles. The molecule has 122 valence electrons. The highest BCUT2D eigenvalue weighted by atomic mass is 16.2. The molecule has 0 bridgehead atoms. The summed E-state index contributed by atoms with van der Waals surface area (Å²) in [6.07, 6.45) is 2.79. The van der Waals surface area contributed by atoms with Crippen LogP contribution in [0.15, 0.2) is 24.3 Å². The van der Waals surface area contributed by atoms with Gasteiger partial charge in [-0.1, -0.05) is 32.0 Å². The lowest BCUT2D eigenvalue weighted by Crippen LogP contribution is -2.37. The summed E-state index contributed by atoms with van der Waals surface area (Å²) in [5.74, 6) is 0.765. The third-order valence-electron chi connectivity index (χ3n) is 4.68. The molecule has 1 heterocycles. The van der Waals surface area contributed by atoms with Crippen molar-refractivity contribution in [3.8, 4) is 0 Å². The molecule has 3 nitrogen and oxygen atoms in total. The number of hydrogen-bond donors (Lipinski definition) is 0. The summed E-state index contributed by atoms with van der Waals surface area (Å²) in [6.45, 7) is 9.35. The van der Waals surface area contributed by atoms with Gasteiger partial charge in [-0.25, -0.2) is 0 Å². The van der Waals surface area contributed by atoms with Crippen molar-refractivity contribution in [3.05, 3.63) is 41.1 Å². The molecule has 1 saturated carbocycles. The molecule has 3 heteroatoms. The van der Waals surface area contributed by atoms with E-state index in [1.807, 2.05) is 25.1 Å². The molecular formula is C20H26N2O. The number of carbonyl (C=O) groups excluding carboxylic acids is 1. The van der Waals surface area contributed by atoms with Crippen molar-refractivity contribution in [1.82, 2.24) is 9.88 Å². The average Bonchev–Trinajstić information content (AvgIpc) is 3.33. The number of hydrogen-bond acceptors (Lipinski definition) is 2. The highest BCUT2D eigenvalue weighted by Crippen LogP contribution is 2.29. The first kappa shape index (κ1) is 16.0. The minimum absolute atomic E-state index is 0.254. The molecule has 1 aromatic heterocycles. The van der Waals surface area contributed by atoms with Crippen LogP contribution < -0.4 is 0 Å². The van der Waals surface area contributed by atoms with E-state index in [9.17, 15) is 4.79 Å². The zero-order valence-corrected chi connectivity index (χ0v) is 14.6. The molecule has 1 fully saturated rings. The van der Waals surface area contributed by atoms with Gasteiger partial charge in [-0.15, -0.1) is 0 Å². The molecule has 0 N–H and O–H groups in total. The zero-order chi connectivity index (χ0) is 16.6. The highest BCUT2D eigenvalue weighted by Gasteiger charge is 2.33. The lowest BCUT2D eigenvalue weighted by Gasteiger charge is -2.25. The Morgan fingerprint density at radius 3 is 2.61 bits per heavy atom. The molecule has 3 rings (SSSR count). The smallest absolute Gasteiger partial charge is 0.227 e. The van der Waals surface area contributed by atoms with Crippen LogP contribution in [-0.4, -0.2) is 28.4 Å². The summed E-state index contributed by atoms with van der Waals surface area (Å²) >= 11 is 0. The van der Waals surface area contributed by atoms with Crippen molar-refractivity contribution in [3.63, 3.8) is 0 Å². The van der Waals surface area contributed by atoms with Crippen LogP contribution in [0.3, 0.4) is 0 Å². The van der Waals surface area contributed by atoms with Gasteiger partial charge in [0, 0.05) is 23.7 Å². The molecule has 0 radical (unpaired) electrons. The van der Waals surface area contributed by atoms with Crippen LogP contribution in [0.2, 0.25) is 0 Å². The Morgan fingerprint density at radius 1 is 1.26 bits per heavy atom. The van der Waals surface area contributed by atoms with E-state index in [2.05, 4.69) is 31.7 Å². The van der Waals surface area contributed by atoms with Crippen LogP contribution in [0.5, 0.6) is 0 Å². The quantitative estimate of drug-likeness (QED) is 0.835. The van der Waals surface area contributed by atoms with Gasteiger partial charge in [-0.05, 0) is 49.8 Å². The summed E-state index contributed by atoms with van der Waals surface area (Å²) in [5.41, 5.74) is 4.29. The Kier molecular flexibility index (Phi) is 4.38. The molecule has 1 aromatic carbocycles. The third kappa shape index (κ3) is 3.39. The number of pyridine rings is 1. The van der Waals surface area contributed by atoms with Gasteiger partial charge >= 0.3 is 0 Å². The van der Waals surface area contributed by atoms with Crippen LogP contribution in [0.1, 0.15) is 43.5 Å². The second kappa shape index (κ2) is 6.31. The number of amides is 1. The monoisotopic (exact) mass is 310 g/mol. The number of para-hydroxylation sites is 1. The van der Waals surface area contributed by atoms with Crippen LogP contribution >= 0.6 is 0 Å². The van der Waals surface area contributed by atoms with Gasteiger partial charge in [0.15, 0.2) is 0 Å². The van der Waals surface area contributed by atoms with Crippen molar-refractivity contribution in [2.75, 3.05) is 6.54 Å². The van der Waals surface area contributed by atoms with E-state index >= 15 is 0 Å². The molecule has 1 aliphatic carbocycles. The van der Waals surface area contributed by atoms with Crippen molar-refractivity contribution in [2.24, 2.45) is 5.92 Å². The van der Waals surface area contributed by atoms with E-state index in [-0.39, 0.29) is 5.91 Å². The second-order valence-corrected chi connectivity index (χ2v) is 7.17. The van der Waals surface area contributed by atoms with E-state index in [1.54, 1.807) is 0 Å². The van der Waals surface area contributed by atoms with Crippen LogP contribution in [0.4, 0.5) is 0 Å². The molecule has 1 aliphatic rings. The minimum Gasteiger partial charge on any atom is -0.339 e. The molecular weight excluding hydrogens is 284 g/mol. The second-order valence-electron chi connectivity index (χ2n) is 7.17. The average molecular weight is 310 g/mol. The van der Waals surface area contributed by atoms with Crippen LogP contribution in [0.25, 0.3) is 10.9 Å². The largest absolute Gasteiger partial charge is 0.339 e. The number of rotatable bonds is 5. The van der Waals surface area contributed by atoms with Crippen molar-refractivity contribution < 1.29 is 4.79 Å². The summed E-state index contributed by atoms with van der Waals surface area (Å²) in [7, 11) is 0. The predicted octanol–water partition coefficient (Wildman–Crippen LogP) is 4.04. The van der Waals surface area contributed by atoms with E-state index in [1.165, 1.54) is 5.56 Å². The minimum atomic E-state index is 0.254. The first-order valence-corrected chi connectivity index (χ1v) is 8.61. The third-order valence-corrected chi connectivity index (χ3v) is 4.68. The van der Waals surface area contributed by atoms with E-state index in [0.717, 1.165) is 41.5 Å². The van der Waals surface area contributed by atoms with Gasteiger partial charge < -0.3 is 4.90 Å². The molecule has 1 amide bonds. The lowest BCUT2D eigenvalue weighted by atomic mass is 9.99. The number of fused-ring (bicyclic) bond motifs is 1. The number of aryl methyl sites for hydroxylation is 2. The van der Waals surface area contributed by atoms with Crippen molar-refractivity contribution >= 4 is 16.8 Å². The molecule has 0 saturated heterocycles. The normalized spacial score (nSPS) is 14.5. The maximum absolute atomic E-state index is 12.9. The maximum Gasteiger partial charge on any atom is 0.227 e. The summed E-state index contributed by atoms with van der Waals surface area (Å²) in [5, 5.41) is 1.16. The van der Waals surface area contributed by atoms with Crippen LogP contribution in [-0.2, 0) is 11.2 Å². The maximum atomic E-state index is 12.9. The molecule has 23 heavy (non-hydrogen) atoms. The fourth-order valence-corrected chi connectivity index (χ4v) is 3.32. The standard InChI is InChI=1S/C20H26N2O/c1-13(2)12-22(16-9-10-16)20(23)11-18-14(3)17-7-5-6-8-19(17)21-15(18)4/h5-8,13,16H,9-12H2,1-4H3. The molecule has 0 unspecified atom stereocenters. The van der Waals surface area contributed by atoms with Gasteiger partial charge in [0.1, 0.15) is 0 Å². The Labute approximate surface area is 138 Å². The van der Waals surface area contributed by atoms with Gasteiger partial charge in [-0.2, -0.15) is 0 Å². The fraction of sp³-hybridized carbons (Fsp3) is 0.500. The highest BCUT2D eigenvalue weighted by molar-refractivity contribution is 5.86. The van der Waals surface area contributed by atoms with Gasteiger partial charge in [-0.3, -0.25) is 9.78 Å². The van der Waals surface area contributed by atoms with Gasteiger partial charge in [0.2, 0.25) is 5.91 Å². The topological polar surface area (TPSA) is 33.2 Å². The summed E-state index contributed by atoms with van der Waals surface area (Å²) in [6, 6.07) is 8.65. The number of benzene rings is 1. The number of aromatic nitrogens is 1. The fourth-order valence-electron chi connectivity index (χ4n) is 3.32. The SMILES string of the molecule is Cc1nc2ccccc2c(C)c1CC(=O)N(CC(C)C)C1CC1. The van der Waals surface area contributed by atoms with E-state index in [0.29, 0.717) is 18.4 Å². The summed E-state index contributed by atoms with van der Waals surface area (Å²) in [4.78, 5) is 19.7. The molecule has 0 atom stereocenters. The first-order valence-electron chi connectivity index (χ1n) is 8.61. The number of carbonyl (C=O) groups is 1. The van der Waals surface area contributed by atoms with Gasteiger partial charge in [0.25, 0.3) is 0 Å². The van der Waals surface area contributed by atoms with E-state index < -0.39 is 0 Å². The Bertz CT molecular complexity index is 732. The Morgan fingerprint density at radius 2 is 1.96 bits per heavy atom. The van der Waals surface area contributed by atoms with Gasteiger partial charge in [0.05, 0.1) is 11.9 Å². The molecule has 0 spiro atoms. The summed E-state index contributed by atoms with van der Waals surface area (Å²) < 4.78 is 0. The van der Waals surface area contributed by atoms with Crippen molar-refractivity contribution in [1.29, 1.82) is 0 Å². The van der Waals surface area contributed by atoms with E-state index in [4.69, 9.17) is 4.98 Å². The lowest BCUT2D eigenvalue weighted by molar-refractivity contribution is -0.131. The Balaban J connectivity index is 1.89. The molecule has 2 aromatic rings. The zero-order valence-electron chi connectivity index (χ0n) is 14.6. The number of nitrogens with zero attached hydrogens (tertiary/aromatic N) is 2. The predicted molar refractivity (Wildman–Crippen MR) is 94.5 cm³/mol. The first-order chi connectivity index (χ1) is 11.0.